The van der Waals surface area contributed by atoms with Crippen molar-refractivity contribution in [3.8, 4) is 0 Å². The van der Waals surface area contributed by atoms with Gasteiger partial charge in [-0.1, -0.05) is 5.57 Å². The summed E-state index contributed by atoms with van der Waals surface area (Å²) in [5, 5.41) is 9.24. The molecule has 0 bridgehead atoms. The van der Waals surface area contributed by atoms with E-state index in [1.54, 1.807) is 6.92 Å². The minimum Gasteiger partial charge on any atom is -0.393 e. The Bertz CT molecular complexity index is 198. The summed E-state index contributed by atoms with van der Waals surface area (Å²) < 4.78 is 0. The zero-order chi connectivity index (χ0) is 10.4. The standard InChI is InChI=1S/C11H21NO/c1-8(2)6-11(7-10(5)13)12-9(3)4/h6,9-10,13H,7H2,1-5H3/b12-11+. The van der Waals surface area contributed by atoms with Gasteiger partial charge in [-0.15, -0.1) is 0 Å². The van der Waals surface area contributed by atoms with Gasteiger partial charge in [0, 0.05) is 18.2 Å². The summed E-state index contributed by atoms with van der Waals surface area (Å²) >= 11 is 0. The van der Waals surface area contributed by atoms with Crippen molar-refractivity contribution in [3.63, 3.8) is 0 Å². The first-order valence-electron chi connectivity index (χ1n) is 4.81. The third kappa shape index (κ3) is 7.72. The zero-order valence-corrected chi connectivity index (χ0v) is 9.33. The van der Waals surface area contributed by atoms with E-state index in [0.717, 1.165) is 5.71 Å². The molecule has 13 heavy (non-hydrogen) atoms. The molecule has 0 spiro atoms. The van der Waals surface area contributed by atoms with Gasteiger partial charge in [0.15, 0.2) is 0 Å². The minimum absolute atomic E-state index is 0.296. The van der Waals surface area contributed by atoms with Crippen LogP contribution >= 0.6 is 0 Å². The van der Waals surface area contributed by atoms with Gasteiger partial charge in [-0.2, -0.15) is 0 Å². The van der Waals surface area contributed by atoms with Crippen LogP contribution in [0.25, 0.3) is 0 Å². The first-order chi connectivity index (χ1) is 5.91. The van der Waals surface area contributed by atoms with Gasteiger partial charge < -0.3 is 5.11 Å². The summed E-state index contributed by atoms with van der Waals surface area (Å²) in [5.41, 5.74) is 2.21. The van der Waals surface area contributed by atoms with Crippen LogP contribution in [0.1, 0.15) is 41.0 Å². The minimum atomic E-state index is -0.312. The highest BCUT2D eigenvalue weighted by atomic mass is 16.3. The first-order valence-corrected chi connectivity index (χ1v) is 4.81. The average molecular weight is 183 g/mol. The summed E-state index contributed by atoms with van der Waals surface area (Å²) in [6.45, 7) is 9.95. The molecular formula is C11H21NO. The largest absolute Gasteiger partial charge is 0.393 e. The highest BCUT2D eigenvalue weighted by molar-refractivity contribution is 5.95. The van der Waals surface area contributed by atoms with Gasteiger partial charge in [0.2, 0.25) is 0 Å². The molecule has 0 aliphatic rings. The van der Waals surface area contributed by atoms with Gasteiger partial charge >= 0.3 is 0 Å². The van der Waals surface area contributed by atoms with Gasteiger partial charge in [0.25, 0.3) is 0 Å². The van der Waals surface area contributed by atoms with E-state index < -0.39 is 0 Å². The molecule has 0 saturated carbocycles. The van der Waals surface area contributed by atoms with E-state index in [9.17, 15) is 5.11 Å². The molecule has 0 aliphatic carbocycles. The van der Waals surface area contributed by atoms with Crippen molar-refractivity contribution in [3.05, 3.63) is 11.6 Å². The Morgan fingerprint density at radius 3 is 2.15 bits per heavy atom. The molecule has 0 radical (unpaired) electrons. The number of hydrogen-bond acceptors (Lipinski definition) is 2. The van der Waals surface area contributed by atoms with Crippen LogP contribution in [0.2, 0.25) is 0 Å². The lowest BCUT2D eigenvalue weighted by Gasteiger charge is -2.07. The van der Waals surface area contributed by atoms with Crippen LogP contribution in [0.15, 0.2) is 16.6 Å². The van der Waals surface area contributed by atoms with Crippen molar-refractivity contribution < 1.29 is 5.11 Å². The van der Waals surface area contributed by atoms with E-state index in [1.165, 1.54) is 5.57 Å². The maximum absolute atomic E-state index is 9.24. The van der Waals surface area contributed by atoms with Crippen LogP contribution in [0.4, 0.5) is 0 Å². The zero-order valence-electron chi connectivity index (χ0n) is 9.33. The Kier molecular flexibility index (Phi) is 5.63. The maximum Gasteiger partial charge on any atom is 0.0567 e. The van der Waals surface area contributed by atoms with Crippen molar-refractivity contribution in [1.29, 1.82) is 0 Å². The van der Waals surface area contributed by atoms with Crippen LogP contribution in [0.3, 0.4) is 0 Å². The summed E-state index contributed by atoms with van der Waals surface area (Å²) in [5.74, 6) is 0. The van der Waals surface area contributed by atoms with E-state index in [4.69, 9.17) is 0 Å². The normalized spacial score (nSPS) is 14.5. The van der Waals surface area contributed by atoms with Crippen LogP contribution < -0.4 is 0 Å². The van der Waals surface area contributed by atoms with Crippen molar-refractivity contribution >= 4 is 5.71 Å². The van der Waals surface area contributed by atoms with Gasteiger partial charge in [-0.05, 0) is 40.7 Å². The predicted octanol–water partition coefficient (Wildman–Crippen LogP) is 2.57. The smallest absolute Gasteiger partial charge is 0.0567 e. The van der Waals surface area contributed by atoms with Crippen molar-refractivity contribution in [1.82, 2.24) is 0 Å². The first kappa shape index (κ1) is 12.4. The molecular weight excluding hydrogens is 162 g/mol. The van der Waals surface area contributed by atoms with E-state index in [1.807, 2.05) is 33.8 Å². The van der Waals surface area contributed by atoms with Crippen LogP contribution in [-0.4, -0.2) is 23.0 Å². The Balaban J connectivity index is 4.46. The second-order valence-corrected chi connectivity index (χ2v) is 3.99. The molecule has 0 aromatic heterocycles. The number of aliphatic hydroxyl groups excluding tert-OH is 1. The number of nitrogens with zero attached hydrogens (tertiary/aromatic N) is 1. The summed E-state index contributed by atoms with van der Waals surface area (Å²) in [6.07, 6.45) is 2.36. The highest BCUT2D eigenvalue weighted by Gasteiger charge is 2.02. The Hall–Kier alpha value is -0.630. The molecule has 0 rings (SSSR count). The third-order valence-electron chi connectivity index (χ3n) is 1.38. The molecule has 0 amide bonds. The second kappa shape index (κ2) is 5.92. The maximum atomic E-state index is 9.24. The van der Waals surface area contributed by atoms with Crippen LogP contribution in [0, 0.1) is 0 Å². The fraction of sp³-hybridized carbons (Fsp3) is 0.727. The number of allylic oxidation sites excluding steroid dienone is 2. The second-order valence-electron chi connectivity index (χ2n) is 3.99. The molecule has 76 valence electrons. The quantitative estimate of drug-likeness (QED) is 0.667. The molecule has 0 aromatic carbocycles. The summed E-state index contributed by atoms with van der Waals surface area (Å²) in [4.78, 5) is 4.44. The van der Waals surface area contributed by atoms with Crippen molar-refractivity contribution in [2.24, 2.45) is 4.99 Å². The molecule has 0 aromatic rings. The SMILES string of the molecule is CC(C)=C/C(CC(C)O)=N\C(C)C. The van der Waals surface area contributed by atoms with E-state index >= 15 is 0 Å². The molecule has 0 heterocycles. The van der Waals surface area contributed by atoms with Crippen LogP contribution in [-0.2, 0) is 0 Å². The fourth-order valence-corrected chi connectivity index (χ4v) is 1.12. The lowest BCUT2D eigenvalue weighted by molar-refractivity contribution is 0.203. The molecule has 0 saturated heterocycles. The number of aliphatic hydroxyl groups is 1. The molecule has 1 atom stereocenters. The Labute approximate surface area is 81.4 Å². The topological polar surface area (TPSA) is 32.6 Å². The Morgan fingerprint density at radius 2 is 1.85 bits per heavy atom. The average Bonchev–Trinajstić information content (AvgIpc) is 1.80. The monoisotopic (exact) mass is 183 g/mol. The van der Waals surface area contributed by atoms with E-state index in [2.05, 4.69) is 4.99 Å². The van der Waals surface area contributed by atoms with Crippen LogP contribution in [0.5, 0.6) is 0 Å². The Morgan fingerprint density at radius 1 is 1.31 bits per heavy atom. The lowest BCUT2D eigenvalue weighted by Crippen LogP contribution is -2.09. The van der Waals surface area contributed by atoms with Crippen molar-refractivity contribution in [2.75, 3.05) is 0 Å². The van der Waals surface area contributed by atoms with E-state index in [0.29, 0.717) is 12.5 Å². The lowest BCUT2D eigenvalue weighted by atomic mass is 10.1. The predicted molar refractivity (Wildman–Crippen MR) is 58.3 cm³/mol. The molecule has 0 aliphatic heterocycles. The fourth-order valence-electron chi connectivity index (χ4n) is 1.12. The number of rotatable bonds is 4. The van der Waals surface area contributed by atoms with Gasteiger partial charge in [0.05, 0.1) is 6.10 Å². The number of aliphatic imine (C=N–C) groups is 1. The van der Waals surface area contributed by atoms with Gasteiger partial charge in [-0.25, -0.2) is 0 Å². The molecule has 1 N–H and O–H groups in total. The third-order valence-corrected chi connectivity index (χ3v) is 1.38. The van der Waals surface area contributed by atoms with Gasteiger partial charge in [0.1, 0.15) is 0 Å². The molecule has 2 nitrogen and oxygen atoms in total. The van der Waals surface area contributed by atoms with Crippen molar-refractivity contribution in [2.45, 2.75) is 53.2 Å². The molecule has 2 heteroatoms. The highest BCUT2D eigenvalue weighted by Crippen LogP contribution is 2.02. The van der Waals surface area contributed by atoms with Gasteiger partial charge in [-0.3, -0.25) is 4.99 Å². The molecule has 1 unspecified atom stereocenters. The summed E-state index contributed by atoms with van der Waals surface area (Å²) in [6, 6.07) is 0.296. The molecule has 0 fully saturated rings. The number of hydrogen-bond donors (Lipinski definition) is 1. The summed E-state index contributed by atoms with van der Waals surface area (Å²) in [7, 11) is 0. The van der Waals surface area contributed by atoms with E-state index in [-0.39, 0.29) is 6.10 Å².